The Kier molecular flexibility index (Phi) is 5.25. The summed E-state index contributed by atoms with van der Waals surface area (Å²) in [5, 5.41) is 9.92. The Hall–Kier alpha value is -3.28. The molecule has 1 saturated heterocycles. The van der Waals surface area contributed by atoms with Crippen LogP contribution in [-0.4, -0.2) is 24.9 Å². The van der Waals surface area contributed by atoms with Crippen LogP contribution in [0, 0.1) is 17.2 Å². The minimum absolute atomic E-state index is 0.111. The van der Waals surface area contributed by atoms with E-state index < -0.39 is 6.23 Å². The van der Waals surface area contributed by atoms with Gasteiger partial charge in [-0.2, -0.15) is 5.26 Å². The highest BCUT2D eigenvalue weighted by Gasteiger charge is 2.50. The first-order chi connectivity index (χ1) is 14.2. The van der Waals surface area contributed by atoms with Crippen molar-refractivity contribution in [2.75, 3.05) is 13.7 Å². The highest BCUT2D eigenvalue weighted by molar-refractivity contribution is 5.54. The number of hydrazine groups is 1. The number of fused-ring (bicyclic) bond motifs is 1. The molecule has 2 aromatic rings. The van der Waals surface area contributed by atoms with Gasteiger partial charge in [-0.1, -0.05) is 18.2 Å². The van der Waals surface area contributed by atoms with Crippen LogP contribution in [0.3, 0.4) is 0 Å². The number of methoxy groups -OCH3 is 1. The summed E-state index contributed by atoms with van der Waals surface area (Å²) in [6, 6.07) is 13.5. The van der Waals surface area contributed by atoms with Crippen LogP contribution in [0.4, 0.5) is 0 Å². The summed E-state index contributed by atoms with van der Waals surface area (Å²) in [7, 11) is 1.60. The highest BCUT2D eigenvalue weighted by atomic mass is 16.5. The summed E-state index contributed by atoms with van der Waals surface area (Å²) >= 11 is 0. The van der Waals surface area contributed by atoms with Gasteiger partial charge in [0.25, 0.3) is 0 Å². The quantitative estimate of drug-likeness (QED) is 0.707. The fourth-order valence-electron chi connectivity index (χ4n) is 4.12. The maximum atomic E-state index is 9.92. The van der Waals surface area contributed by atoms with Crippen molar-refractivity contribution >= 4 is 0 Å². The lowest BCUT2D eigenvalue weighted by Gasteiger charge is -2.36. The third-order valence-electron chi connectivity index (χ3n) is 5.31. The lowest BCUT2D eigenvalue weighted by Crippen LogP contribution is -2.41. The molecule has 0 spiro atoms. The molecule has 29 heavy (non-hydrogen) atoms. The van der Waals surface area contributed by atoms with Crippen LogP contribution >= 0.6 is 0 Å². The number of nitrogens with zero attached hydrogens (tertiary/aromatic N) is 2. The van der Waals surface area contributed by atoms with E-state index in [0.29, 0.717) is 23.7 Å². The molecule has 2 aliphatic rings. The van der Waals surface area contributed by atoms with Gasteiger partial charge in [-0.3, -0.25) is 4.98 Å². The molecule has 4 unspecified atom stereocenters. The largest absolute Gasteiger partial charge is 0.493 e. The van der Waals surface area contributed by atoms with Crippen molar-refractivity contribution in [1.29, 1.82) is 5.26 Å². The van der Waals surface area contributed by atoms with E-state index in [9.17, 15) is 5.26 Å². The van der Waals surface area contributed by atoms with Crippen molar-refractivity contribution in [3.05, 3.63) is 65.3 Å². The van der Waals surface area contributed by atoms with Gasteiger partial charge >= 0.3 is 0 Å². The van der Waals surface area contributed by atoms with Gasteiger partial charge in [-0.05, 0) is 25.1 Å². The summed E-state index contributed by atoms with van der Waals surface area (Å²) in [5.74, 6) is 0.773. The predicted octanol–water partition coefficient (Wildman–Crippen LogP) is 2.09. The summed E-state index contributed by atoms with van der Waals surface area (Å²) in [6.45, 7) is 2.37. The molecule has 4 rings (SSSR count). The first-order valence-electron chi connectivity index (χ1n) is 9.47. The standard InChI is InChI=1S/C21H23N5O3/c1-3-28-19-12(7-6-9-15(19)27-2)16-13(11-22)20(23)29-21-17(16)18(25-26-21)14-8-4-5-10-24-14/h4-10,16-18,21,25-26H,3,23H2,1-2H3. The number of hydrogen-bond acceptors (Lipinski definition) is 8. The van der Waals surface area contributed by atoms with Crippen molar-refractivity contribution in [3.63, 3.8) is 0 Å². The number of hydrogen-bond donors (Lipinski definition) is 3. The van der Waals surface area contributed by atoms with Crippen molar-refractivity contribution in [2.45, 2.75) is 25.1 Å². The van der Waals surface area contributed by atoms with E-state index >= 15 is 0 Å². The number of rotatable bonds is 5. The van der Waals surface area contributed by atoms with Crippen LogP contribution in [0.15, 0.2) is 54.1 Å². The van der Waals surface area contributed by atoms with E-state index in [0.717, 1.165) is 11.3 Å². The first kappa shape index (κ1) is 19.1. The van der Waals surface area contributed by atoms with Crippen LogP contribution in [0.1, 0.15) is 30.1 Å². The molecule has 3 heterocycles. The Morgan fingerprint density at radius 2 is 2.10 bits per heavy atom. The number of nitrogens with one attached hydrogen (secondary N) is 2. The molecule has 0 radical (unpaired) electrons. The molecule has 0 bridgehead atoms. The Morgan fingerprint density at radius 3 is 2.79 bits per heavy atom. The summed E-state index contributed by atoms with van der Waals surface area (Å²) < 4.78 is 17.3. The zero-order valence-corrected chi connectivity index (χ0v) is 16.3. The zero-order valence-electron chi connectivity index (χ0n) is 16.3. The van der Waals surface area contributed by atoms with E-state index in [4.69, 9.17) is 19.9 Å². The molecule has 1 fully saturated rings. The molecule has 8 nitrogen and oxygen atoms in total. The van der Waals surface area contributed by atoms with E-state index in [-0.39, 0.29) is 23.8 Å². The van der Waals surface area contributed by atoms with Gasteiger partial charge in [0.1, 0.15) is 6.07 Å². The van der Waals surface area contributed by atoms with Crippen LogP contribution < -0.4 is 26.1 Å². The molecule has 150 valence electrons. The minimum Gasteiger partial charge on any atom is -0.493 e. The lowest BCUT2D eigenvalue weighted by atomic mass is 9.74. The maximum Gasteiger partial charge on any atom is 0.200 e. The second kappa shape index (κ2) is 7.99. The molecule has 0 saturated carbocycles. The third-order valence-corrected chi connectivity index (χ3v) is 5.31. The van der Waals surface area contributed by atoms with E-state index in [1.807, 2.05) is 43.3 Å². The Bertz CT molecular complexity index is 957. The molecule has 2 aliphatic heterocycles. The van der Waals surface area contributed by atoms with Crippen LogP contribution in [0.2, 0.25) is 0 Å². The van der Waals surface area contributed by atoms with Crippen molar-refractivity contribution < 1.29 is 14.2 Å². The first-order valence-corrected chi connectivity index (χ1v) is 9.47. The smallest absolute Gasteiger partial charge is 0.200 e. The van der Waals surface area contributed by atoms with Gasteiger partial charge in [0.15, 0.2) is 17.7 Å². The number of ether oxygens (including phenoxy) is 3. The van der Waals surface area contributed by atoms with Gasteiger partial charge in [0, 0.05) is 23.6 Å². The molecule has 0 aliphatic carbocycles. The van der Waals surface area contributed by atoms with Crippen LogP contribution in [0.5, 0.6) is 11.5 Å². The lowest BCUT2D eigenvalue weighted by molar-refractivity contribution is 0.0334. The summed E-state index contributed by atoms with van der Waals surface area (Å²) in [6.07, 6.45) is 1.32. The van der Waals surface area contributed by atoms with Crippen LogP contribution in [0.25, 0.3) is 0 Å². The van der Waals surface area contributed by atoms with Gasteiger partial charge < -0.3 is 19.9 Å². The average molecular weight is 393 g/mol. The second-order valence-corrected chi connectivity index (χ2v) is 6.82. The average Bonchev–Trinajstić information content (AvgIpc) is 3.17. The van der Waals surface area contributed by atoms with E-state index in [1.54, 1.807) is 13.3 Å². The Labute approximate surface area is 169 Å². The number of allylic oxidation sites excluding steroid dienone is 1. The Balaban J connectivity index is 1.88. The number of para-hydroxylation sites is 1. The Morgan fingerprint density at radius 1 is 1.24 bits per heavy atom. The molecular formula is C21H23N5O3. The minimum atomic E-state index is -0.426. The second-order valence-electron chi connectivity index (χ2n) is 6.82. The molecule has 8 heteroatoms. The van der Waals surface area contributed by atoms with Gasteiger partial charge in [-0.15, -0.1) is 0 Å². The number of benzene rings is 1. The monoisotopic (exact) mass is 393 g/mol. The van der Waals surface area contributed by atoms with Crippen molar-refractivity contribution in [2.24, 2.45) is 11.7 Å². The number of pyridine rings is 1. The number of nitriles is 1. The number of aromatic nitrogens is 1. The zero-order chi connectivity index (χ0) is 20.4. The fourth-order valence-corrected chi connectivity index (χ4v) is 4.12. The molecular weight excluding hydrogens is 370 g/mol. The van der Waals surface area contributed by atoms with E-state index in [2.05, 4.69) is 21.9 Å². The summed E-state index contributed by atoms with van der Waals surface area (Å²) in [5.41, 5.74) is 14.6. The normalized spacial score (nSPS) is 25.7. The van der Waals surface area contributed by atoms with Gasteiger partial charge in [0.05, 0.1) is 31.0 Å². The van der Waals surface area contributed by atoms with Crippen LogP contribution in [-0.2, 0) is 4.74 Å². The fraction of sp³-hybridized carbons (Fsp3) is 0.333. The predicted molar refractivity (Wildman–Crippen MR) is 105 cm³/mol. The topological polar surface area (TPSA) is 114 Å². The molecule has 4 N–H and O–H groups in total. The van der Waals surface area contributed by atoms with Crippen molar-refractivity contribution in [1.82, 2.24) is 15.8 Å². The van der Waals surface area contributed by atoms with Gasteiger partial charge in [0.2, 0.25) is 5.88 Å². The maximum absolute atomic E-state index is 9.92. The molecule has 1 aromatic carbocycles. The highest BCUT2D eigenvalue weighted by Crippen LogP contribution is 2.50. The number of nitrogens with two attached hydrogens (primary N) is 1. The summed E-state index contributed by atoms with van der Waals surface area (Å²) in [4.78, 5) is 4.50. The molecule has 1 aromatic heterocycles. The molecule has 0 amide bonds. The third kappa shape index (κ3) is 3.24. The van der Waals surface area contributed by atoms with Crippen molar-refractivity contribution in [3.8, 4) is 17.6 Å². The molecule has 4 atom stereocenters. The van der Waals surface area contributed by atoms with E-state index in [1.165, 1.54) is 0 Å². The van der Waals surface area contributed by atoms with Gasteiger partial charge in [-0.25, -0.2) is 10.9 Å². The SMILES string of the molecule is CCOc1c(OC)cccc1C1C(C#N)=C(N)OC2NNC(c3ccccn3)C21.